The van der Waals surface area contributed by atoms with Gasteiger partial charge in [-0.2, -0.15) is 0 Å². The first-order valence-corrected chi connectivity index (χ1v) is 45.4. The summed E-state index contributed by atoms with van der Waals surface area (Å²) in [5.74, 6) is 1.81. The van der Waals surface area contributed by atoms with Crippen molar-refractivity contribution in [3.8, 4) is 28.7 Å². The van der Waals surface area contributed by atoms with Gasteiger partial charge in [-0.15, -0.1) is 0 Å². The van der Waals surface area contributed by atoms with Gasteiger partial charge in [-0.05, 0) is 286 Å². The SMILES string of the molecule is Cc1c(C(C)(C)C)cc(Cc2ccc(N(CN(c3ccc(Cc4cc(C(C)(C)C)c(O)c(C(C)(C)C)c4)cc3)c3ccc(Cc4cc(C(C)(C)C)c(O)c(C(C)(C)C)c4)cc3Cc3cc(C(C)(C)C)c(O)c(C(C)(C)C)c3)c3ccc(Cc4cc(C(C)(C)C)c(O)c(C(C)(C)C)c4)cc3)c(Cc3cc(C(C)(C)C)c(O)c(C(C)(C)C)c3)c2)cc1C(C)(C)C. The topological polar surface area (TPSA) is 108 Å². The molecule has 0 aliphatic heterocycles. The standard InChI is InChI=1S/C116H156N2O5/c1-71-86(105(2,3)4)58-78(59-87(71)106(5,6)7)52-74-42-48-98(82(54-74)56-80-66-94(113(26,27)28)103(122)95(67-80)114(29,30)31)117(84-44-38-72(39-45-84)50-76-60-88(107(8,9)10)100(119)89(61-76)108(11,12)13)70-118(85-46-40-73(41-47-85)51-77-62-90(109(14,15)16)101(120)91(63-77)110(17,18)19)99-49-43-75(53-79-64-92(111(20,21)22)102(121)93(65-79)112(23,24)25)55-83(99)57-81-68-96(115(32,33)34)104(123)97(69-81)116(35,36)37/h38-49,54-55,58-69,119-123H,50-53,56-57,70H2,1-37H3. The number of aromatic hydroxyl groups is 5. The van der Waals surface area contributed by atoms with Crippen LogP contribution in [0.5, 0.6) is 28.7 Å². The fraction of sp³-hybridized carbons (Fsp3) is 0.483. The van der Waals surface area contributed by atoms with Crippen molar-refractivity contribution in [3.05, 3.63) is 297 Å². The van der Waals surface area contributed by atoms with Crippen LogP contribution in [0.4, 0.5) is 22.7 Å². The highest BCUT2D eigenvalue weighted by Gasteiger charge is 2.36. The number of benzene rings is 10. The quantitative estimate of drug-likeness (QED) is 0.0545. The third kappa shape index (κ3) is 22.4. The molecular formula is C116H156N2O5. The molecule has 10 aromatic rings. The number of nitrogens with zero attached hydrogens (tertiary/aromatic N) is 2. The third-order valence-electron chi connectivity index (χ3n) is 25.1. The van der Waals surface area contributed by atoms with Gasteiger partial charge in [-0.1, -0.05) is 371 Å². The first-order valence-electron chi connectivity index (χ1n) is 45.4. The van der Waals surface area contributed by atoms with Gasteiger partial charge in [-0.3, -0.25) is 0 Å². The van der Waals surface area contributed by atoms with E-state index < -0.39 is 0 Å². The van der Waals surface area contributed by atoms with Crippen molar-refractivity contribution in [2.45, 2.75) is 360 Å². The summed E-state index contributed by atoms with van der Waals surface area (Å²) in [5, 5.41) is 61.2. The highest BCUT2D eigenvalue weighted by molar-refractivity contribution is 5.75. The molecule has 5 N–H and O–H groups in total. The number of phenolic OH excluding ortho intramolecular Hbond substituents is 5. The molecular weight excluding hydrogens is 1500 g/mol. The first kappa shape index (κ1) is 96.0. The van der Waals surface area contributed by atoms with E-state index in [0.717, 1.165) is 134 Å². The number of hydrogen-bond acceptors (Lipinski definition) is 7. The normalized spacial score (nSPS) is 13.3. The summed E-state index contributed by atoms with van der Waals surface area (Å²) in [7, 11) is 0. The number of phenols is 5. The second-order valence-corrected chi connectivity index (χ2v) is 48.8. The van der Waals surface area contributed by atoms with Crippen molar-refractivity contribution in [2.75, 3.05) is 16.5 Å². The molecule has 7 nitrogen and oxygen atoms in total. The zero-order valence-electron chi connectivity index (χ0n) is 83.1. The van der Waals surface area contributed by atoms with Crippen LogP contribution < -0.4 is 9.80 Å². The van der Waals surface area contributed by atoms with Gasteiger partial charge >= 0.3 is 0 Å². The van der Waals surface area contributed by atoms with E-state index >= 15 is 0 Å². The summed E-state index contributed by atoms with van der Waals surface area (Å²) in [6.07, 6.45) is 3.74. The molecule has 0 aliphatic rings. The molecule has 10 rings (SSSR count). The molecule has 0 saturated heterocycles. The predicted molar refractivity (Wildman–Crippen MR) is 528 cm³/mol. The van der Waals surface area contributed by atoms with Crippen LogP contribution in [0.1, 0.15) is 388 Å². The summed E-state index contributed by atoms with van der Waals surface area (Å²) >= 11 is 0. The summed E-state index contributed by atoms with van der Waals surface area (Å²) in [4.78, 5) is 5.09. The van der Waals surface area contributed by atoms with Crippen LogP contribution in [-0.2, 0) is 104 Å². The molecule has 0 radical (unpaired) electrons. The second kappa shape index (κ2) is 33.9. The van der Waals surface area contributed by atoms with E-state index in [1.807, 2.05) is 0 Å². The third-order valence-corrected chi connectivity index (χ3v) is 25.1. The monoisotopic (exact) mass is 1660 g/mol. The van der Waals surface area contributed by atoms with E-state index in [9.17, 15) is 25.5 Å². The molecule has 660 valence electrons. The van der Waals surface area contributed by atoms with Crippen molar-refractivity contribution in [3.63, 3.8) is 0 Å². The molecule has 0 amide bonds. The minimum absolute atomic E-state index is 0.0896. The molecule has 123 heavy (non-hydrogen) atoms. The summed E-state index contributed by atoms with van der Waals surface area (Å²) in [5.41, 5.74) is 27.7. The Morgan fingerprint density at radius 1 is 0.187 bits per heavy atom. The van der Waals surface area contributed by atoms with Crippen LogP contribution in [0.15, 0.2) is 158 Å². The molecule has 0 unspecified atom stereocenters. The van der Waals surface area contributed by atoms with E-state index in [1.54, 1.807) is 0 Å². The van der Waals surface area contributed by atoms with Gasteiger partial charge in [0.2, 0.25) is 0 Å². The van der Waals surface area contributed by atoms with Crippen LogP contribution in [0.3, 0.4) is 0 Å². The molecule has 0 aromatic heterocycles. The Balaban J connectivity index is 1.32. The fourth-order valence-corrected chi connectivity index (χ4v) is 18.1. The average molecular weight is 1660 g/mol. The molecule has 10 aromatic carbocycles. The molecule has 0 spiro atoms. The maximum Gasteiger partial charge on any atom is 0.123 e. The van der Waals surface area contributed by atoms with Crippen LogP contribution in [0.2, 0.25) is 0 Å². The smallest absolute Gasteiger partial charge is 0.123 e. The Hall–Kier alpha value is -9.20. The van der Waals surface area contributed by atoms with Gasteiger partial charge < -0.3 is 35.3 Å². The minimum Gasteiger partial charge on any atom is -0.507 e. The van der Waals surface area contributed by atoms with Gasteiger partial charge in [0.25, 0.3) is 0 Å². The van der Waals surface area contributed by atoms with Crippen molar-refractivity contribution >= 4 is 22.7 Å². The van der Waals surface area contributed by atoms with Crippen LogP contribution in [0.25, 0.3) is 0 Å². The van der Waals surface area contributed by atoms with Gasteiger partial charge in [0.15, 0.2) is 0 Å². The zero-order chi connectivity index (χ0) is 92.1. The largest absolute Gasteiger partial charge is 0.507 e. The van der Waals surface area contributed by atoms with Crippen LogP contribution in [0, 0.1) is 6.92 Å². The second-order valence-electron chi connectivity index (χ2n) is 48.8. The highest BCUT2D eigenvalue weighted by Crippen LogP contribution is 2.49. The maximum absolute atomic E-state index is 12.5. The summed E-state index contributed by atoms with van der Waals surface area (Å²) < 4.78 is 0. The lowest BCUT2D eigenvalue weighted by molar-refractivity contribution is 0.422. The molecule has 0 saturated carbocycles. The molecule has 0 aliphatic carbocycles. The lowest BCUT2D eigenvalue weighted by Crippen LogP contribution is -2.33. The van der Waals surface area contributed by atoms with E-state index in [4.69, 9.17) is 0 Å². The van der Waals surface area contributed by atoms with E-state index in [-0.39, 0.29) is 65.0 Å². The Bertz CT molecular complexity index is 4960. The highest BCUT2D eigenvalue weighted by atomic mass is 16.3. The minimum atomic E-state index is -0.387. The van der Waals surface area contributed by atoms with Crippen LogP contribution in [-0.4, -0.2) is 32.2 Å². The Morgan fingerprint density at radius 2 is 0.350 bits per heavy atom. The Kier molecular flexibility index (Phi) is 26.5. The van der Waals surface area contributed by atoms with Gasteiger partial charge in [0, 0.05) is 22.7 Å². The number of hydrogen-bond donors (Lipinski definition) is 5. The van der Waals surface area contributed by atoms with Crippen molar-refractivity contribution in [2.24, 2.45) is 0 Å². The lowest BCUT2D eigenvalue weighted by atomic mass is 9.75. The molecule has 7 heteroatoms. The Labute approximate surface area is 745 Å². The van der Waals surface area contributed by atoms with E-state index in [2.05, 4.69) is 424 Å². The van der Waals surface area contributed by atoms with Crippen molar-refractivity contribution < 1.29 is 25.5 Å². The molecule has 0 heterocycles. The number of anilines is 4. The molecule has 0 bridgehead atoms. The van der Waals surface area contributed by atoms with Gasteiger partial charge in [0.05, 0.1) is 6.67 Å². The van der Waals surface area contributed by atoms with E-state index in [1.165, 1.54) is 27.8 Å². The summed E-state index contributed by atoms with van der Waals surface area (Å²) in [6, 6.07) is 60.2. The fourth-order valence-electron chi connectivity index (χ4n) is 18.1. The maximum atomic E-state index is 12.5. The lowest BCUT2D eigenvalue weighted by Gasteiger charge is -2.36. The van der Waals surface area contributed by atoms with Gasteiger partial charge in [-0.25, -0.2) is 0 Å². The first-order chi connectivity index (χ1) is 56.0. The van der Waals surface area contributed by atoms with Crippen molar-refractivity contribution in [1.82, 2.24) is 0 Å². The van der Waals surface area contributed by atoms with Crippen LogP contribution >= 0.6 is 0 Å². The summed E-state index contributed by atoms with van der Waals surface area (Å²) in [6.45, 7) is 82.5. The molecule has 0 atom stereocenters. The zero-order valence-corrected chi connectivity index (χ0v) is 83.1. The average Bonchev–Trinajstić information content (AvgIpc) is 0.758. The van der Waals surface area contributed by atoms with Crippen molar-refractivity contribution in [1.29, 1.82) is 0 Å². The van der Waals surface area contributed by atoms with E-state index in [0.29, 0.717) is 73.9 Å². The number of rotatable bonds is 18. The van der Waals surface area contributed by atoms with Gasteiger partial charge in [0.1, 0.15) is 28.7 Å². The predicted octanol–water partition coefficient (Wildman–Crippen LogP) is 30.6. The Morgan fingerprint density at radius 3 is 0.537 bits per heavy atom. The molecule has 0 fully saturated rings.